The Labute approximate surface area is 134 Å². The zero-order valence-corrected chi connectivity index (χ0v) is 12.8. The molecule has 2 aromatic carbocycles. The van der Waals surface area contributed by atoms with Gasteiger partial charge in [0.25, 0.3) is 5.91 Å². The average molecular weight is 307 g/mol. The van der Waals surface area contributed by atoms with Crippen LogP contribution in [0, 0.1) is 5.92 Å². The van der Waals surface area contributed by atoms with Gasteiger partial charge in [-0.3, -0.25) is 14.4 Å². The first-order valence-electron chi connectivity index (χ1n) is 7.67. The molecule has 0 radical (unpaired) electrons. The molecule has 1 heterocycles. The Hall–Kier alpha value is -2.75. The summed E-state index contributed by atoms with van der Waals surface area (Å²) in [6.07, 6.45) is 0.517. The lowest BCUT2D eigenvalue weighted by Crippen LogP contribution is -2.37. The van der Waals surface area contributed by atoms with E-state index >= 15 is 0 Å². The van der Waals surface area contributed by atoms with Crippen molar-refractivity contribution in [2.75, 3.05) is 0 Å². The third-order valence-electron chi connectivity index (χ3n) is 4.25. The van der Waals surface area contributed by atoms with Gasteiger partial charge in [0.15, 0.2) is 0 Å². The lowest BCUT2D eigenvalue weighted by molar-refractivity contribution is -0.136. The van der Waals surface area contributed by atoms with Gasteiger partial charge in [0, 0.05) is 5.56 Å². The number of benzene rings is 2. The predicted molar refractivity (Wildman–Crippen MR) is 85.6 cm³/mol. The van der Waals surface area contributed by atoms with Crippen LogP contribution in [-0.2, 0) is 9.59 Å². The Bertz CT molecular complexity index is 740. The Morgan fingerprint density at radius 2 is 1.48 bits per heavy atom. The number of hydrogen-bond donors (Lipinski definition) is 0. The summed E-state index contributed by atoms with van der Waals surface area (Å²) in [7, 11) is 0. The predicted octanol–water partition coefficient (Wildman–Crippen LogP) is 3.01. The lowest BCUT2D eigenvalue weighted by atomic mass is 9.86. The molecule has 0 aromatic heterocycles. The second-order valence-electron chi connectivity index (χ2n) is 5.59. The van der Waals surface area contributed by atoms with Gasteiger partial charge in [-0.25, -0.2) is 4.90 Å². The van der Waals surface area contributed by atoms with Crippen LogP contribution in [0.1, 0.15) is 35.2 Å². The molecular weight excluding hydrogens is 290 g/mol. The zero-order chi connectivity index (χ0) is 16.4. The molecule has 0 N–H and O–H groups in total. The highest BCUT2D eigenvalue weighted by molar-refractivity contribution is 6.22. The standard InChI is InChI=1S/C19H17NO3/c1-2-15-16(13-9-5-3-6-10-13)19(23)20(18(15)22)17(21)14-11-7-4-8-12-14/h3-12,15-16H,2H2,1H3/t15-,16-/m0/s1. The Kier molecular flexibility index (Phi) is 4.06. The first-order chi connectivity index (χ1) is 11.1. The van der Waals surface area contributed by atoms with Crippen molar-refractivity contribution in [3.8, 4) is 0 Å². The van der Waals surface area contributed by atoms with Crippen molar-refractivity contribution in [1.29, 1.82) is 0 Å². The van der Waals surface area contributed by atoms with E-state index in [1.807, 2.05) is 37.3 Å². The van der Waals surface area contributed by atoms with Crippen LogP contribution in [-0.4, -0.2) is 22.6 Å². The first kappa shape index (κ1) is 15.2. The number of carbonyl (C=O) groups excluding carboxylic acids is 3. The summed E-state index contributed by atoms with van der Waals surface area (Å²) in [6.45, 7) is 1.86. The smallest absolute Gasteiger partial charge is 0.267 e. The van der Waals surface area contributed by atoms with Crippen LogP contribution >= 0.6 is 0 Å². The van der Waals surface area contributed by atoms with Crippen molar-refractivity contribution in [2.24, 2.45) is 5.92 Å². The Morgan fingerprint density at radius 1 is 0.913 bits per heavy atom. The van der Waals surface area contributed by atoms with Gasteiger partial charge in [-0.05, 0) is 24.1 Å². The summed E-state index contributed by atoms with van der Waals surface area (Å²) < 4.78 is 0. The number of imide groups is 3. The fourth-order valence-corrected chi connectivity index (χ4v) is 3.08. The summed E-state index contributed by atoms with van der Waals surface area (Å²) in [5.41, 5.74) is 1.12. The van der Waals surface area contributed by atoms with Crippen LogP contribution in [0.2, 0.25) is 0 Å². The zero-order valence-electron chi connectivity index (χ0n) is 12.8. The number of likely N-dealkylation sites (tertiary alicyclic amines) is 1. The van der Waals surface area contributed by atoms with E-state index < -0.39 is 29.6 Å². The first-order valence-corrected chi connectivity index (χ1v) is 7.67. The van der Waals surface area contributed by atoms with E-state index in [1.54, 1.807) is 30.3 Å². The highest BCUT2D eigenvalue weighted by Gasteiger charge is 2.50. The van der Waals surface area contributed by atoms with Crippen LogP contribution in [0.25, 0.3) is 0 Å². The molecule has 4 nitrogen and oxygen atoms in total. The molecular formula is C19H17NO3. The molecule has 1 aliphatic rings. The molecule has 3 amide bonds. The molecule has 1 aliphatic heterocycles. The SMILES string of the molecule is CC[C@@H]1C(=O)N(C(=O)c2ccccc2)C(=O)[C@H]1c1ccccc1. The van der Waals surface area contributed by atoms with Crippen LogP contribution < -0.4 is 0 Å². The summed E-state index contributed by atoms with van der Waals surface area (Å²) in [5, 5.41) is 0. The van der Waals surface area contributed by atoms with Gasteiger partial charge in [-0.1, -0.05) is 55.5 Å². The van der Waals surface area contributed by atoms with Crippen LogP contribution in [0.15, 0.2) is 60.7 Å². The molecule has 1 saturated heterocycles. The van der Waals surface area contributed by atoms with Crippen molar-refractivity contribution >= 4 is 17.7 Å². The molecule has 116 valence electrons. The van der Waals surface area contributed by atoms with Crippen molar-refractivity contribution < 1.29 is 14.4 Å². The Morgan fingerprint density at radius 3 is 2.04 bits per heavy atom. The number of hydrogen-bond acceptors (Lipinski definition) is 3. The van der Waals surface area contributed by atoms with Gasteiger partial charge < -0.3 is 0 Å². The van der Waals surface area contributed by atoms with E-state index in [-0.39, 0.29) is 0 Å². The van der Waals surface area contributed by atoms with Crippen LogP contribution in [0.3, 0.4) is 0 Å². The molecule has 2 atom stereocenters. The molecule has 23 heavy (non-hydrogen) atoms. The normalized spacial score (nSPS) is 20.8. The third-order valence-corrected chi connectivity index (χ3v) is 4.25. The third kappa shape index (κ3) is 2.57. The number of rotatable bonds is 3. The topological polar surface area (TPSA) is 54.5 Å². The fraction of sp³-hybridized carbons (Fsp3) is 0.211. The molecule has 0 saturated carbocycles. The summed E-state index contributed by atoms with van der Waals surface area (Å²) in [6, 6.07) is 17.6. The minimum Gasteiger partial charge on any atom is -0.274 e. The minimum absolute atomic E-state index is 0.345. The maximum Gasteiger partial charge on any atom is 0.267 e. The number of nitrogens with zero attached hydrogens (tertiary/aromatic N) is 1. The van der Waals surface area contributed by atoms with E-state index in [1.165, 1.54) is 0 Å². The van der Waals surface area contributed by atoms with Gasteiger partial charge in [0.2, 0.25) is 11.8 Å². The lowest BCUT2D eigenvalue weighted by Gasteiger charge is -2.13. The van der Waals surface area contributed by atoms with Crippen LogP contribution in [0.4, 0.5) is 0 Å². The molecule has 3 rings (SSSR count). The van der Waals surface area contributed by atoms with Crippen molar-refractivity contribution in [3.63, 3.8) is 0 Å². The van der Waals surface area contributed by atoms with Crippen molar-refractivity contribution in [2.45, 2.75) is 19.3 Å². The fourth-order valence-electron chi connectivity index (χ4n) is 3.08. The summed E-state index contributed by atoms with van der Waals surface area (Å²) in [4.78, 5) is 38.8. The van der Waals surface area contributed by atoms with Gasteiger partial charge in [0.05, 0.1) is 11.8 Å². The maximum absolute atomic E-state index is 12.8. The highest BCUT2D eigenvalue weighted by atomic mass is 16.2. The highest BCUT2D eigenvalue weighted by Crippen LogP contribution is 2.37. The monoisotopic (exact) mass is 307 g/mol. The van der Waals surface area contributed by atoms with E-state index in [9.17, 15) is 14.4 Å². The summed E-state index contributed by atoms with van der Waals surface area (Å²) >= 11 is 0. The molecule has 0 unspecified atom stereocenters. The molecule has 4 heteroatoms. The molecule has 0 bridgehead atoms. The molecule has 1 fully saturated rings. The second-order valence-corrected chi connectivity index (χ2v) is 5.59. The molecule has 0 aliphatic carbocycles. The van der Waals surface area contributed by atoms with Crippen molar-refractivity contribution in [3.05, 3.63) is 71.8 Å². The average Bonchev–Trinajstić information content (AvgIpc) is 2.85. The quantitative estimate of drug-likeness (QED) is 0.819. The Balaban J connectivity index is 1.99. The number of amides is 3. The van der Waals surface area contributed by atoms with Gasteiger partial charge >= 0.3 is 0 Å². The summed E-state index contributed by atoms with van der Waals surface area (Å²) in [5.74, 6) is -2.45. The van der Waals surface area contributed by atoms with E-state index in [0.717, 1.165) is 10.5 Å². The van der Waals surface area contributed by atoms with Crippen molar-refractivity contribution in [1.82, 2.24) is 4.90 Å². The second kappa shape index (κ2) is 6.16. The largest absolute Gasteiger partial charge is 0.274 e. The van der Waals surface area contributed by atoms with Gasteiger partial charge in [0.1, 0.15) is 0 Å². The maximum atomic E-state index is 12.8. The van der Waals surface area contributed by atoms with E-state index in [4.69, 9.17) is 0 Å². The minimum atomic E-state index is -0.582. The van der Waals surface area contributed by atoms with Gasteiger partial charge in [-0.2, -0.15) is 0 Å². The molecule has 0 spiro atoms. The van der Waals surface area contributed by atoms with Crippen LogP contribution in [0.5, 0.6) is 0 Å². The van der Waals surface area contributed by atoms with Gasteiger partial charge in [-0.15, -0.1) is 0 Å². The number of carbonyl (C=O) groups is 3. The van der Waals surface area contributed by atoms with E-state index in [0.29, 0.717) is 12.0 Å². The molecule has 2 aromatic rings. The van der Waals surface area contributed by atoms with E-state index in [2.05, 4.69) is 0 Å².